The van der Waals surface area contributed by atoms with Gasteiger partial charge in [0.2, 0.25) is 15.9 Å². The van der Waals surface area contributed by atoms with Crippen LogP contribution in [0.3, 0.4) is 0 Å². The third-order valence-corrected chi connectivity index (χ3v) is 6.02. The van der Waals surface area contributed by atoms with Crippen molar-refractivity contribution in [1.82, 2.24) is 4.31 Å². The van der Waals surface area contributed by atoms with Crippen molar-refractivity contribution < 1.29 is 17.9 Å². The molecule has 134 valence electrons. The van der Waals surface area contributed by atoms with E-state index in [1.807, 2.05) is 13.8 Å². The van der Waals surface area contributed by atoms with Crippen LogP contribution in [0, 0.1) is 0 Å². The Balaban J connectivity index is 2.47. The zero-order valence-corrected chi connectivity index (χ0v) is 15.4. The molecule has 0 N–H and O–H groups in total. The molecule has 1 aromatic rings. The predicted molar refractivity (Wildman–Crippen MR) is 93.9 cm³/mol. The van der Waals surface area contributed by atoms with Crippen molar-refractivity contribution in [2.75, 3.05) is 31.6 Å². The lowest BCUT2D eigenvalue weighted by Crippen LogP contribution is -2.33. The van der Waals surface area contributed by atoms with Crippen LogP contribution in [-0.4, -0.2) is 45.4 Å². The number of methoxy groups -OCH3 is 1. The molecule has 2 rings (SSSR count). The normalized spacial score (nSPS) is 15.3. The van der Waals surface area contributed by atoms with E-state index in [9.17, 15) is 13.2 Å². The molecule has 0 aliphatic carbocycles. The van der Waals surface area contributed by atoms with Crippen molar-refractivity contribution in [3.8, 4) is 5.75 Å². The number of nitrogens with zero attached hydrogens (tertiary/aromatic N) is 2. The number of anilines is 1. The number of carbonyl (C=O) groups is 1. The molecule has 0 spiro atoms. The van der Waals surface area contributed by atoms with Gasteiger partial charge in [-0.05, 0) is 37.5 Å². The molecule has 0 saturated carbocycles. The van der Waals surface area contributed by atoms with E-state index in [1.54, 1.807) is 23.1 Å². The summed E-state index contributed by atoms with van der Waals surface area (Å²) < 4.78 is 32.9. The molecule has 6 nitrogen and oxygen atoms in total. The smallest absolute Gasteiger partial charge is 0.246 e. The summed E-state index contributed by atoms with van der Waals surface area (Å²) in [6.07, 6.45) is 2.79. The predicted octanol–water partition coefficient (Wildman–Crippen LogP) is 2.63. The molecule has 0 aromatic heterocycles. The Kier molecular flexibility index (Phi) is 6.23. The molecule has 1 aliphatic rings. The maximum absolute atomic E-state index is 13.1. The van der Waals surface area contributed by atoms with Gasteiger partial charge in [-0.2, -0.15) is 4.31 Å². The van der Waals surface area contributed by atoms with Gasteiger partial charge in [0.05, 0.1) is 7.11 Å². The highest BCUT2D eigenvalue weighted by molar-refractivity contribution is 7.89. The summed E-state index contributed by atoms with van der Waals surface area (Å²) in [6, 6.07) is 4.94. The second-order valence-electron chi connectivity index (χ2n) is 5.89. The first kappa shape index (κ1) is 18.7. The fourth-order valence-electron chi connectivity index (χ4n) is 2.95. The van der Waals surface area contributed by atoms with Crippen LogP contribution in [0.25, 0.3) is 0 Å². The fourth-order valence-corrected chi connectivity index (χ4v) is 4.75. The SMILES string of the molecule is CCCN(CCC)S(=O)(=O)c1cc(N2CCCC2=O)ccc1OC. The zero-order valence-electron chi connectivity index (χ0n) is 14.6. The highest BCUT2D eigenvalue weighted by atomic mass is 32.2. The van der Waals surface area contributed by atoms with Gasteiger partial charge < -0.3 is 9.64 Å². The Morgan fingerprint density at radius 2 is 1.88 bits per heavy atom. The quantitative estimate of drug-likeness (QED) is 0.720. The summed E-state index contributed by atoms with van der Waals surface area (Å²) in [6.45, 7) is 5.46. The van der Waals surface area contributed by atoms with Crippen molar-refractivity contribution in [2.45, 2.75) is 44.4 Å². The molecular formula is C17H26N2O4S. The van der Waals surface area contributed by atoms with E-state index in [2.05, 4.69) is 0 Å². The minimum absolute atomic E-state index is 0.0301. The Morgan fingerprint density at radius 1 is 1.21 bits per heavy atom. The summed E-state index contributed by atoms with van der Waals surface area (Å²) in [7, 11) is -2.21. The number of sulfonamides is 1. The number of amides is 1. The maximum atomic E-state index is 13.1. The van der Waals surface area contributed by atoms with Gasteiger partial charge >= 0.3 is 0 Å². The minimum Gasteiger partial charge on any atom is -0.495 e. The van der Waals surface area contributed by atoms with E-state index in [4.69, 9.17) is 4.74 Å². The summed E-state index contributed by atoms with van der Waals surface area (Å²) >= 11 is 0. The lowest BCUT2D eigenvalue weighted by molar-refractivity contribution is -0.117. The lowest BCUT2D eigenvalue weighted by atomic mass is 10.3. The molecule has 1 fully saturated rings. The zero-order chi connectivity index (χ0) is 17.7. The van der Waals surface area contributed by atoms with E-state index in [0.717, 1.165) is 19.3 Å². The average molecular weight is 354 g/mol. The molecule has 0 unspecified atom stereocenters. The van der Waals surface area contributed by atoms with Crippen LogP contribution in [0.5, 0.6) is 5.75 Å². The van der Waals surface area contributed by atoms with Gasteiger partial charge in [-0.25, -0.2) is 8.42 Å². The second-order valence-corrected chi connectivity index (χ2v) is 7.79. The average Bonchev–Trinajstić information content (AvgIpc) is 3.00. The van der Waals surface area contributed by atoms with Gasteiger partial charge in [0.15, 0.2) is 0 Å². The molecule has 1 heterocycles. The summed E-state index contributed by atoms with van der Waals surface area (Å²) in [5.74, 6) is 0.338. The molecule has 1 saturated heterocycles. The highest BCUT2D eigenvalue weighted by Gasteiger charge is 2.29. The largest absolute Gasteiger partial charge is 0.495 e. The summed E-state index contributed by atoms with van der Waals surface area (Å²) in [5, 5.41) is 0. The van der Waals surface area contributed by atoms with Gasteiger partial charge in [0.1, 0.15) is 10.6 Å². The van der Waals surface area contributed by atoms with Crippen molar-refractivity contribution in [1.29, 1.82) is 0 Å². The monoisotopic (exact) mass is 354 g/mol. The van der Waals surface area contributed by atoms with Crippen LogP contribution in [0.4, 0.5) is 5.69 Å². The molecular weight excluding hydrogens is 328 g/mol. The number of hydrogen-bond acceptors (Lipinski definition) is 4. The van der Waals surface area contributed by atoms with E-state index in [-0.39, 0.29) is 10.8 Å². The van der Waals surface area contributed by atoms with Crippen LogP contribution in [0.2, 0.25) is 0 Å². The first-order valence-electron chi connectivity index (χ1n) is 8.44. The third-order valence-electron chi connectivity index (χ3n) is 4.10. The molecule has 1 amide bonds. The summed E-state index contributed by atoms with van der Waals surface area (Å²) in [5.41, 5.74) is 0.616. The van der Waals surface area contributed by atoms with E-state index in [0.29, 0.717) is 37.5 Å². The van der Waals surface area contributed by atoms with Crippen LogP contribution < -0.4 is 9.64 Å². The van der Waals surface area contributed by atoms with E-state index >= 15 is 0 Å². The number of benzene rings is 1. The Bertz CT molecular complexity index is 682. The van der Waals surface area contributed by atoms with Crippen molar-refractivity contribution >= 4 is 21.6 Å². The van der Waals surface area contributed by atoms with Crippen LogP contribution in [0.15, 0.2) is 23.1 Å². The fraction of sp³-hybridized carbons (Fsp3) is 0.588. The first-order valence-corrected chi connectivity index (χ1v) is 9.88. The van der Waals surface area contributed by atoms with Crippen molar-refractivity contribution in [2.24, 2.45) is 0 Å². The van der Waals surface area contributed by atoms with Crippen LogP contribution >= 0.6 is 0 Å². The third kappa shape index (κ3) is 3.72. The molecule has 0 atom stereocenters. The maximum Gasteiger partial charge on any atom is 0.246 e. The number of carbonyl (C=O) groups excluding carboxylic acids is 1. The molecule has 0 radical (unpaired) electrons. The van der Waals surface area contributed by atoms with Gasteiger partial charge in [-0.15, -0.1) is 0 Å². The second kappa shape index (κ2) is 7.98. The Morgan fingerprint density at radius 3 is 2.38 bits per heavy atom. The topological polar surface area (TPSA) is 66.9 Å². The van der Waals surface area contributed by atoms with E-state index < -0.39 is 10.0 Å². The minimum atomic E-state index is -3.67. The molecule has 1 aliphatic heterocycles. The number of ether oxygens (including phenoxy) is 1. The van der Waals surface area contributed by atoms with Gasteiger partial charge in [-0.3, -0.25) is 4.79 Å². The number of rotatable bonds is 8. The molecule has 1 aromatic carbocycles. The summed E-state index contributed by atoms with van der Waals surface area (Å²) in [4.78, 5) is 13.7. The lowest BCUT2D eigenvalue weighted by Gasteiger charge is -2.24. The molecule has 24 heavy (non-hydrogen) atoms. The standard InChI is InChI=1S/C17H26N2O4S/c1-4-10-18(11-5-2)24(21,22)16-13-14(8-9-15(16)23-3)19-12-6-7-17(19)20/h8-9,13H,4-7,10-12H2,1-3H3. The van der Waals surface area contributed by atoms with Crippen molar-refractivity contribution in [3.63, 3.8) is 0 Å². The van der Waals surface area contributed by atoms with Gasteiger partial charge in [0.25, 0.3) is 0 Å². The molecule has 0 bridgehead atoms. The van der Waals surface area contributed by atoms with Crippen LogP contribution in [-0.2, 0) is 14.8 Å². The van der Waals surface area contributed by atoms with Crippen molar-refractivity contribution in [3.05, 3.63) is 18.2 Å². The highest BCUT2D eigenvalue weighted by Crippen LogP contribution is 2.32. The number of hydrogen-bond donors (Lipinski definition) is 0. The first-order chi connectivity index (χ1) is 11.5. The Labute approximate surface area is 144 Å². The Hall–Kier alpha value is -1.60. The van der Waals surface area contributed by atoms with Crippen LogP contribution in [0.1, 0.15) is 39.5 Å². The van der Waals surface area contributed by atoms with E-state index in [1.165, 1.54) is 11.4 Å². The van der Waals surface area contributed by atoms with Gasteiger partial charge in [0, 0.05) is 31.7 Å². The molecule has 7 heteroatoms. The van der Waals surface area contributed by atoms with Gasteiger partial charge in [-0.1, -0.05) is 13.8 Å².